The highest BCUT2D eigenvalue weighted by atomic mass is 19.1. The maximum Gasteiger partial charge on any atom is 0.136 e. The van der Waals surface area contributed by atoms with Gasteiger partial charge in [-0.15, -0.1) is 0 Å². The lowest BCUT2D eigenvalue weighted by Gasteiger charge is -2.45. The molecule has 3 heteroatoms. The number of hydrogen-bond donors (Lipinski definition) is 0. The van der Waals surface area contributed by atoms with Gasteiger partial charge in [0.2, 0.25) is 0 Å². The van der Waals surface area contributed by atoms with E-state index in [1.54, 1.807) is 6.07 Å². The van der Waals surface area contributed by atoms with Crippen LogP contribution in [0.25, 0.3) is 0 Å². The molecule has 2 atom stereocenters. The van der Waals surface area contributed by atoms with E-state index in [0.29, 0.717) is 37.3 Å². The summed E-state index contributed by atoms with van der Waals surface area (Å²) in [6.07, 6.45) is 4.68. The average molecular weight is 247 g/mol. The minimum atomic E-state index is -0.132. The number of carbonyl (C=O) groups is 1. The molecule has 2 unspecified atom stereocenters. The van der Waals surface area contributed by atoms with Crippen LogP contribution >= 0.6 is 0 Å². The van der Waals surface area contributed by atoms with Crippen LogP contribution < -0.4 is 0 Å². The average Bonchev–Trinajstić information content (AvgIpc) is 2.33. The third-order valence-corrected chi connectivity index (χ3v) is 4.25. The zero-order valence-corrected chi connectivity index (χ0v) is 10.4. The number of nitrogens with zero attached hydrogens (tertiary/aromatic N) is 1. The van der Waals surface area contributed by atoms with Gasteiger partial charge in [0.05, 0.1) is 0 Å². The predicted molar refractivity (Wildman–Crippen MR) is 67.6 cm³/mol. The SMILES string of the molecule is O=C1CC2CCCC(C1)N2Cc1ccccc1F. The summed E-state index contributed by atoms with van der Waals surface area (Å²) < 4.78 is 13.7. The van der Waals surface area contributed by atoms with E-state index in [2.05, 4.69) is 4.90 Å². The van der Waals surface area contributed by atoms with E-state index in [4.69, 9.17) is 0 Å². The molecule has 1 aromatic carbocycles. The molecule has 1 aromatic rings. The minimum Gasteiger partial charge on any atom is -0.300 e. The number of piperidine rings is 2. The van der Waals surface area contributed by atoms with Gasteiger partial charge in [-0.25, -0.2) is 4.39 Å². The maximum absolute atomic E-state index is 13.7. The molecule has 2 nitrogen and oxygen atoms in total. The zero-order valence-electron chi connectivity index (χ0n) is 10.4. The van der Waals surface area contributed by atoms with Crippen LogP contribution in [0.15, 0.2) is 24.3 Å². The number of fused-ring (bicyclic) bond motifs is 2. The number of hydrogen-bond acceptors (Lipinski definition) is 2. The fraction of sp³-hybridized carbons (Fsp3) is 0.533. The molecule has 0 radical (unpaired) electrons. The van der Waals surface area contributed by atoms with Gasteiger partial charge in [0.15, 0.2) is 0 Å². The van der Waals surface area contributed by atoms with Gasteiger partial charge in [-0.05, 0) is 18.9 Å². The van der Waals surface area contributed by atoms with Crippen molar-refractivity contribution in [2.24, 2.45) is 0 Å². The maximum atomic E-state index is 13.7. The Hall–Kier alpha value is -1.22. The molecule has 96 valence electrons. The van der Waals surface area contributed by atoms with Crippen LogP contribution in [0.5, 0.6) is 0 Å². The number of carbonyl (C=O) groups excluding carboxylic acids is 1. The summed E-state index contributed by atoms with van der Waals surface area (Å²) >= 11 is 0. The van der Waals surface area contributed by atoms with Crippen molar-refractivity contribution in [3.8, 4) is 0 Å². The normalized spacial score (nSPS) is 28.4. The van der Waals surface area contributed by atoms with Gasteiger partial charge in [-0.2, -0.15) is 0 Å². The quantitative estimate of drug-likeness (QED) is 0.801. The van der Waals surface area contributed by atoms with Crippen molar-refractivity contribution in [2.75, 3.05) is 0 Å². The summed E-state index contributed by atoms with van der Waals surface area (Å²) in [6, 6.07) is 7.64. The molecule has 3 rings (SSSR count). The van der Waals surface area contributed by atoms with Gasteiger partial charge in [0, 0.05) is 37.0 Å². The molecule has 0 amide bonds. The Morgan fingerprint density at radius 3 is 2.50 bits per heavy atom. The van der Waals surface area contributed by atoms with Crippen molar-refractivity contribution < 1.29 is 9.18 Å². The van der Waals surface area contributed by atoms with Gasteiger partial charge in [-0.3, -0.25) is 9.69 Å². The van der Waals surface area contributed by atoms with Crippen LogP contribution in [0.2, 0.25) is 0 Å². The Morgan fingerprint density at radius 1 is 1.17 bits per heavy atom. The lowest BCUT2D eigenvalue weighted by atomic mass is 9.83. The molecule has 18 heavy (non-hydrogen) atoms. The van der Waals surface area contributed by atoms with E-state index in [-0.39, 0.29) is 5.82 Å². The van der Waals surface area contributed by atoms with Gasteiger partial charge in [-0.1, -0.05) is 24.6 Å². The van der Waals surface area contributed by atoms with Crippen molar-refractivity contribution in [2.45, 2.75) is 50.7 Å². The number of ketones is 1. The summed E-state index contributed by atoms with van der Waals surface area (Å²) in [6.45, 7) is 0.648. The van der Waals surface area contributed by atoms with Gasteiger partial charge in [0.25, 0.3) is 0 Å². The Bertz CT molecular complexity index is 444. The van der Waals surface area contributed by atoms with Crippen LogP contribution in [0.4, 0.5) is 4.39 Å². The number of Topliss-reactive ketones (excluding diaryl/α,β-unsaturated/α-hetero) is 1. The topological polar surface area (TPSA) is 20.3 Å². The van der Waals surface area contributed by atoms with Crippen LogP contribution in [0.1, 0.15) is 37.7 Å². The number of benzene rings is 1. The molecule has 2 bridgehead atoms. The van der Waals surface area contributed by atoms with E-state index in [1.807, 2.05) is 12.1 Å². The minimum absolute atomic E-state index is 0.132. The van der Waals surface area contributed by atoms with E-state index >= 15 is 0 Å². The molecule has 2 aliphatic rings. The van der Waals surface area contributed by atoms with Gasteiger partial charge in [0.1, 0.15) is 11.6 Å². The van der Waals surface area contributed by atoms with Crippen molar-refractivity contribution >= 4 is 5.78 Å². The van der Waals surface area contributed by atoms with Crippen LogP contribution in [0, 0.1) is 5.82 Å². The van der Waals surface area contributed by atoms with E-state index in [1.165, 1.54) is 12.5 Å². The lowest BCUT2D eigenvalue weighted by Crippen LogP contribution is -2.51. The summed E-state index contributed by atoms with van der Waals surface area (Å²) in [5.41, 5.74) is 0.753. The lowest BCUT2D eigenvalue weighted by molar-refractivity contribution is -0.127. The molecular weight excluding hydrogens is 229 g/mol. The fourth-order valence-corrected chi connectivity index (χ4v) is 3.35. The van der Waals surface area contributed by atoms with E-state index < -0.39 is 0 Å². The van der Waals surface area contributed by atoms with E-state index in [0.717, 1.165) is 18.4 Å². The van der Waals surface area contributed by atoms with Crippen molar-refractivity contribution in [3.63, 3.8) is 0 Å². The smallest absolute Gasteiger partial charge is 0.136 e. The molecule has 0 spiro atoms. The standard InChI is InChI=1S/C15H18FNO/c16-15-7-2-1-4-11(15)10-17-12-5-3-6-13(17)9-14(18)8-12/h1-2,4,7,12-13H,3,5-6,8-10H2. The Balaban J connectivity index is 1.80. The number of rotatable bonds is 2. The van der Waals surface area contributed by atoms with Crippen molar-refractivity contribution in [1.29, 1.82) is 0 Å². The summed E-state index contributed by atoms with van der Waals surface area (Å²) in [5, 5.41) is 0. The second kappa shape index (κ2) is 4.81. The first-order valence-corrected chi connectivity index (χ1v) is 6.75. The molecule has 0 saturated carbocycles. The molecule has 2 saturated heterocycles. The highest BCUT2D eigenvalue weighted by Crippen LogP contribution is 2.33. The highest BCUT2D eigenvalue weighted by Gasteiger charge is 2.37. The van der Waals surface area contributed by atoms with Gasteiger partial charge >= 0.3 is 0 Å². The molecule has 2 aliphatic heterocycles. The third-order valence-electron chi connectivity index (χ3n) is 4.25. The predicted octanol–water partition coefficient (Wildman–Crippen LogP) is 2.91. The fourth-order valence-electron chi connectivity index (χ4n) is 3.35. The zero-order chi connectivity index (χ0) is 12.5. The largest absolute Gasteiger partial charge is 0.300 e. The first-order chi connectivity index (χ1) is 8.74. The van der Waals surface area contributed by atoms with Crippen LogP contribution in [0.3, 0.4) is 0 Å². The summed E-state index contributed by atoms with van der Waals surface area (Å²) in [5.74, 6) is 0.252. The Morgan fingerprint density at radius 2 is 1.83 bits per heavy atom. The molecule has 2 fully saturated rings. The monoisotopic (exact) mass is 247 g/mol. The second-order valence-electron chi connectivity index (χ2n) is 5.45. The molecule has 0 aromatic heterocycles. The molecule has 0 aliphatic carbocycles. The van der Waals surface area contributed by atoms with Crippen molar-refractivity contribution in [1.82, 2.24) is 4.90 Å². The van der Waals surface area contributed by atoms with Gasteiger partial charge < -0.3 is 0 Å². The Labute approximate surface area is 107 Å². The first kappa shape index (κ1) is 11.8. The van der Waals surface area contributed by atoms with Crippen LogP contribution in [-0.2, 0) is 11.3 Å². The molecular formula is C15H18FNO. The number of halogens is 1. The second-order valence-corrected chi connectivity index (χ2v) is 5.45. The van der Waals surface area contributed by atoms with E-state index in [9.17, 15) is 9.18 Å². The third kappa shape index (κ3) is 2.19. The van der Waals surface area contributed by atoms with Crippen molar-refractivity contribution in [3.05, 3.63) is 35.6 Å². The Kier molecular flexibility index (Phi) is 3.16. The first-order valence-electron chi connectivity index (χ1n) is 6.75. The summed E-state index contributed by atoms with van der Waals surface area (Å²) in [7, 11) is 0. The highest BCUT2D eigenvalue weighted by molar-refractivity contribution is 5.80. The molecule has 0 N–H and O–H groups in total. The summed E-state index contributed by atoms with van der Waals surface area (Å²) in [4.78, 5) is 14.0. The molecule has 2 heterocycles. The van der Waals surface area contributed by atoms with Crippen LogP contribution in [-0.4, -0.2) is 22.8 Å².